The van der Waals surface area contributed by atoms with Crippen LogP contribution >= 0.6 is 0 Å². The number of piperidine rings is 2. The van der Waals surface area contributed by atoms with Gasteiger partial charge in [-0.3, -0.25) is 0 Å². The second kappa shape index (κ2) is 6.97. The van der Waals surface area contributed by atoms with E-state index in [1.165, 1.54) is 6.42 Å². The highest BCUT2D eigenvalue weighted by molar-refractivity contribution is 7.91. The average Bonchev–Trinajstić information content (AvgIpc) is 2.52. The molecule has 0 aromatic heterocycles. The molecule has 3 saturated heterocycles. The van der Waals surface area contributed by atoms with E-state index < -0.39 is 9.84 Å². The van der Waals surface area contributed by atoms with Crippen LogP contribution in [0.25, 0.3) is 0 Å². The molecule has 2 atom stereocenters. The van der Waals surface area contributed by atoms with E-state index in [0.717, 1.165) is 32.5 Å². The highest BCUT2D eigenvalue weighted by Gasteiger charge is 2.37. The Morgan fingerprint density at radius 2 is 1.87 bits per heavy atom. The third-order valence-corrected chi connectivity index (χ3v) is 7.46. The van der Waals surface area contributed by atoms with Gasteiger partial charge in [0.2, 0.25) is 0 Å². The second-order valence-electron chi connectivity index (χ2n) is 7.50. The smallest absolute Gasteiger partial charge is 0.317 e. The highest BCUT2D eigenvalue weighted by atomic mass is 32.2. The normalized spacial score (nSPS) is 32.3. The Morgan fingerprint density at radius 1 is 1.13 bits per heavy atom. The first-order valence-electron chi connectivity index (χ1n) is 8.88. The van der Waals surface area contributed by atoms with E-state index in [2.05, 4.69) is 17.3 Å². The van der Waals surface area contributed by atoms with Gasteiger partial charge in [0.15, 0.2) is 0 Å². The maximum absolute atomic E-state index is 12.6. The maximum atomic E-state index is 12.6. The number of urea groups is 1. The molecule has 3 aliphatic heterocycles. The van der Waals surface area contributed by atoms with Crippen molar-refractivity contribution in [3.63, 3.8) is 0 Å². The fourth-order valence-corrected chi connectivity index (χ4v) is 5.90. The first-order chi connectivity index (χ1) is 10.9. The van der Waals surface area contributed by atoms with Gasteiger partial charge >= 0.3 is 6.03 Å². The molecule has 0 aliphatic carbocycles. The number of rotatable bonds is 2. The van der Waals surface area contributed by atoms with Gasteiger partial charge in [0, 0.05) is 25.7 Å². The second-order valence-corrected chi connectivity index (χ2v) is 9.80. The molecule has 3 aliphatic rings. The van der Waals surface area contributed by atoms with Crippen LogP contribution in [0.1, 0.15) is 32.1 Å². The van der Waals surface area contributed by atoms with Crippen molar-refractivity contribution >= 4 is 15.9 Å². The van der Waals surface area contributed by atoms with Crippen molar-refractivity contribution in [2.75, 3.05) is 44.7 Å². The summed E-state index contributed by atoms with van der Waals surface area (Å²) in [5.41, 5.74) is 0. The molecule has 0 spiro atoms. The summed E-state index contributed by atoms with van der Waals surface area (Å²) in [6.45, 7) is 3.62. The van der Waals surface area contributed by atoms with Gasteiger partial charge < -0.3 is 15.1 Å². The Morgan fingerprint density at radius 3 is 2.61 bits per heavy atom. The number of hydrogen-bond donors (Lipinski definition) is 1. The molecule has 6 nitrogen and oxygen atoms in total. The number of hydrogen-bond acceptors (Lipinski definition) is 4. The monoisotopic (exact) mass is 343 g/mol. The number of nitrogens with zero attached hydrogens (tertiary/aromatic N) is 2. The Balaban J connectivity index is 1.50. The fraction of sp³-hybridized carbons (Fsp3) is 0.938. The lowest BCUT2D eigenvalue weighted by Gasteiger charge is -2.46. The lowest BCUT2D eigenvalue weighted by Crippen LogP contribution is -2.57. The van der Waals surface area contributed by atoms with Crippen molar-refractivity contribution in [1.82, 2.24) is 15.1 Å². The molecule has 0 unspecified atom stereocenters. The number of nitrogens with one attached hydrogen (secondary N) is 1. The highest BCUT2D eigenvalue weighted by Crippen LogP contribution is 2.30. The van der Waals surface area contributed by atoms with Crippen molar-refractivity contribution in [3.05, 3.63) is 0 Å². The third-order valence-electron chi connectivity index (χ3n) is 5.75. The van der Waals surface area contributed by atoms with Crippen LogP contribution in [0, 0.1) is 11.8 Å². The number of likely N-dealkylation sites (tertiary alicyclic amines) is 2. The van der Waals surface area contributed by atoms with E-state index in [9.17, 15) is 13.2 Å². The number of carbonyl (C=O) groups is 1. The van der Waals surface area contributed by atoms with E-state index in [1.54, 1.807) is 0 Å². The summed E-state index contributed by atoms with van der Waals surface area (Å²) in [7, 11) is -0.664. The molecular weight excluding hydrogens is 314 g/mol. The molecule has 3 fully saturated rings. The van der Waals surface area contributed by atoms with Crippen LogP contribution in [-0.2, 0) is 9.84 Å². The van der Waals surface area contributed by atoms with Crippen molar-refractivity contribution < 1.29 is 13.2 Å². The minimum absolute atomic E-state index is 0.0534. The topological polar surface area (TPSA) is 69.7 Å². The van der Waals surface area contributed by atoms with Crippen molar-refractivity contribution in [2.45, 2.75) is 38.1 Å². The Kier molecular flexibility index (Phi) is 5.16. The molecule has 3 rings (SSSR count). The lowest BCUT2D eigenvalue weighted by molar-refractivity contribution is 0.0530. The zero-order chi connectivity index (χ0) is 16.4. The summed E-state index contributed by atoms with van der Waals surface area (Å²) in [6, 6.07) is 0.435. The predicted molar refractivity (Wildman–Crippen MR) is 90.1 cm³/mol. The molecular formula is C16H29N3O3S. The Labute approximate surface area is 139 Å². The molecule has 0 radical (unpaired) electrons. The Bertz CT molecular complexity index is 523. The van der Waals surface area contributed by atoms with Gasteiger partial charge in [0.1, 0.15) is 9.84 Å². The predicted octanol–water partition coefficient (Wildman–Crippen LogP) is 0.937. The Hall–Kier alpha value is -0.820. The molecule has 0 aromatic carbocycles. The SMILES string of the molecule is CN1CC[C@@H]2[C@@H](CCCN2C(=O)NCC2CCS(=O)(=O)CC2)C1. The van der Waals surface area contributed by atoms with Gasteiger partial charge in [-0.1, -0.05) is 0 Å². The van der Waals surface area contributed by atoms with Crippen LogP contribution in [0.5, 0.6) is 0 Å². The standard InChI is InChI=1S/C16H29N3O3S/c1-18-8-4-15-14(12-18)3-2-7-19(15)16(20)17-11-13-5-9-23(21,22)10-6-13/h13-15H,2-12H2,1H3,(H,17,20)/t14-,15+/m0/s1. The van der Waals surface area contributed by atoms with Gasteiger partial charge in [-0.25, -0.2) is 13.2 Å². The fourth-order valence-electron chi connectivity index (χ4n) is 4.31. The van der Waals surface area contributed by atoms with E-state index >= 15 is 0 Å². The van der Waals surface area contributed by atoms with Gasteiger partial charge in [0.05, 0.1) is 11.5 Å². The van der Waals surface area contributed by atoms with Crippen molar-refractivity contribution in [3.8, 4) is 0 Å². The number of fused-ring (bicyclic) bond motifs is 1. The number of carbonyl (C=O) groups excluding carboxylic acids is 1. The van der Waals surface area contributed by atoms with Crippen LogP contribution < -0.4 is 5.32 Å². The van der Waals surface area contributed by atoms with Crippen LogP contribution in [0.2, 0.25) is 0 Å². The molecule has 132 valence electrons. The van der Waals surface area contributed by atoms with Crippen molar-refractivity contribution in [1.29, 1.82) is 0 Å². The minimum Gasteiger partial charge on any atom is -0.338 e. The zero-order valence-corrected chi connectivity index (χ0v) is 14.9. The lowest BCUT2D eigenvalue weighted by atomic mass is 9.84. The van der Waals surface area contributed by atoms with Crippen molar-refractivity contribution in [2.24, 2.45) is 11.8 Å². The summed E-state index contributed by atoms with van der Waals surface area (Å²) < 4.78 is 22.9. The van der Waals surface area contributed by atoms with Crippen LogP contribution in [-0.4, -0.2) is 75.0 Å². The first-order valence-corrected chi connectivity index (χ1v) is 10.7. The minimum atomic E-state index is -2.82. The summed E-state index contributed by atoms with van der Waals surface area (Å²) in [4.78, 5) is 17.0. The van der Waals surface area contributed by atoms with E-state index in [0.29, 0.717) is 37.3 Å². The summed E-state index contributed by atoms with van der Waals surface area (Å²) in [6.07, 6.45) is 4.73. The first kappa shape index (κ1) is 17.0. The van der Waals surface area contributed by atoms with E-state index in [4.69, 9.17) is 0 Å². The van der Waals surface area contributed by atoms with Gasteiger partial charge in [-0.15, -0.1) is 0 Å². The molecule has 0 bridgehead atoms. The number of amides is 2. The quantitative estimate of drug-likeness (QED) is 0.810. The molecule has 1 N–H and O–H groups in total. The number of sulfone groups is 1. The molecule has 23 heavy (non-hydrogen) atoms. The van der Waals surface area contributed by atoms with Crippen LogP contribution in [0.4, 0.5) is 4.79 Å². The largest absolute Gasteiger partial charge is 0.338 e. The molecule has 7 heteroatoms. The molecule has 0 saturated carbocycles. The van der Waals surface area contributed by atoms with Gasteiger partial charge in [0.25, 0.3) is 0 Å². The van der Waals surface area contributed by atoms with Gasteiger partial charge in [-0.2, -0.15) is 0 Å². The third kappa shape index (κ3) is 4.18. The van der Waals surface area contributed by atoms with Gasteiger partial charge in [-0.05, 0) is 57.5 Å². The average molecular weight is 343 g/mol. The van der Waals surface area contributed by atoms with E-state index in [1.807, 2.05) is 4.90 Å². The maximum Gasteiger partial charge on any atom is 0.317 e. The molecule has 0 aromatic rings. The zero-order valence-electron chi connectivity index (χ0n) is 14.0. The van der Waals surface area contributed by atoms with Crippen LogP contribution in [0.15, 0.2) is 0 Å². The van der Waals surface area contributed by atoms with Crippen LogP contribution in [0.3, 0.4) is 0 Å². The van der Waals surface area contributed by atoms with E-state index in [-0.39, 0.29) is 17.5 Å². The summed E-state index contributed by atoms with van der Waals surface area (Å²) in [5, 5.41) is 3.07. The summed E-state index contributed by atoms with van der Waals surface area (Å²) >= 11 is 0. The summed E-state index contributed by atoms with van der Waals surface area (Å²) in [5.74, 6) is 1.45. The molecule has 2 amide bonds. The molecule has 3 heterocycles.